The minimum absolute atomic E-state index is 0.0652. The lowest BCUT2D eigenvalue weighted by molar-refractivity contribution is -0.147. The molecule has 3 rings (SSSR count). The average molecular weight is 402 g/mol. The summed E-state index contributed by atoms with van der Waals surface area (Å²) in [7, 11) is -3.74. The third kappa shape index (κ3) is 4.69. The number of carboxylic acid groups (broad SMARTS) is 1. The van der Waals surface area contributed by atoms with Crippen molar-refractivity contribution in [1.29, 1.82) is 0 Å². The van der Waals surface area contributed by atoms with E-state index in [4.69, 9.17) is 0 Å². The summed E-state index contributed by atoms with van der Waals surface area (Å²) >= 11 is 0. The van der Waals surface area contributed by atoms with E-state index in [0.29, 0.717) is 24.2 Å². The molecule has 3 N–H and O–H groups in total. The van der Waals surface area contributed by atoms with Crippen molar-refractivity contribution < 1.29 is 23.1 Å². The number of carboxylic acids is 1. The Hall–Kier alpha value is -2.87. The molecule has 1 amide bonds. The maximum atomic E-state index is 12.5. The van der Waals surface area contributed by atoms with Gasteiger partial charge in [-0.15, -0.1) is 0 Å². The number of hydrogen-bond donors (Lipinski definition) is 3. The average Bonchev–Trinajstić information content (AvgIpc) is 2.69. The second kappa shape index (κ2) is 8.43. The van der Waals surface area contributed by atoms with E-state index in [2.05, 4.69) is 10.0 Å². The van der Waals surface area contributed by atoms with Crippen LogP contribution in [-0.4, -0.2) is 25.4 Å². The number of sulfonamides is 1. The highest BCUT2D eigenvalue weighted by atomic mass is 32.2. The Labute approximate surface area is 163 Å². The van der Waals surface area contributed by atoms with Gasteiger partial charge in [0.1, 0.15) is 0 Å². The van der Waals surface area contributed by atoms with Crippen LogP contribution >= 0.6 is 0 Å². The third-order valence-electron chi connectivity index (χ3n) is 4.88. The van der Waals surface area contributed by atoms with Gasteiger partial charge in [-0.25, -0.2) is 8.42 Å². The number of hydrogen-bond acceptors (Lipinski definition) is 4. The van der Waals surface area contributed by atoms with Crippen LogP contribution in [0.1, 0.15) is 25.7 Å². The van der Waals surface area contributed by atoms with Gasteiger partial charge in [0.05, 0.1) is 16.7 Å². The van der Waals surface area contributed by atoms with Crippen molar-refractivity contribution in [3.63, 3.8) is 0 Å². The van der Waals surface area contributed by atoms with E-state index in [1.807, 2.05) is 0 Å². The van der Waals surface area contributed by atoms with Gasteiger partial charge in [-0.05, 0) is 49.2 Å². The molecule has 1 saturated carbocycles. The van der Waals surface area contributed by atoms with Gasteiger partial charge in [0, 0.05) is 11.4 Å². The number of rotatable bonds is 6. The third-order valence-corrected chi connectivity index (χ3v) is 6.28. The predicted molar refractivity (Wildman–Crippen MR) is 105 cm³/mol. The molecule has 8 heteroatoms. The Morgan fingerprint density at radius 2 is 1.46 bits per heavy atom. The summed E-state index contributed by atoms with van der Waals surface area (Å²) in [6, 6.07) is 14.3. The number of aliphatic carboxylic acids is 1. The van der Waals surface area contributed by atoms with Crippen molar-refractivity contribution in [3.05, 3.63) is 54.6 Å². The summed E-state index contributed by atoms with van der Waals surface area (Å²) in [5.41, 5.74) is 0.885. The van der Waals surface area contributed by atoms with E-state index in [1.165, 1.54) is 24.3 Å². The van der Waals surface area contributed by atoms with Gasteiger partial charge in [0.2, 0.25) is 5.91 Å². The Kier molecular flexibility index (Phi) is 5.99. The number of para-hydroxylation sites is 1. The molecule has 1 aliphatic carbocycles. The molecule has 2 aromatic rings. The van der Waals surface area contributed by atoms with Gasteiger partial charge in [0.15, 0.2) is 0 Å². The van der Waals surface area contributed by atoms with Crippen LogP contribution in [0, 0.1) is 11.8 Å². The zero-order chi connectivity index (χ0) is 20.1. The largest absolute Gasteiger partial charge is 0.481 e. The summed E-state index contributed by atoms with van der Waals surface area (Å²) in [6.07, 6.45) is 2.66. The minimum atomic E-state index is -3.74. The Balaban J connectivity index is 1.68. The van der Waals surface area contributed by atoms with Crippen LogP contribution in [0.25, 0.3) is 0 Å². The fourth-order valence-corrected chi connectivity index (χ4v) is 4.47. The van der Waals surface area contributed by atoms with Crippen molar-refractivity contribution >= 4 is 33.3 Å². The second-order valence-corrected chi connectivity index (χ2v) is 8.50. The van der Waals surface area contributed by atoms with Crippen molar-refractivity contribution in [2.24, 2.45) is 11.8 Å². The van der Waals surface area contributed by atoms with Crippen molar-refractivity contribution in [3.8, 4) is 0 Å². The van der Waals surface area contributed by atoms with E-state index in [1.54, 1.807) is 30.3 Å². The topological polar surface area (TPSA) is 113 Å². The maximum absolute atomic E-state index is 12.5. The maximum Gasteiger partial charge on any atom is 0.307 e. The van der Waals surface area contributed by atoms with Crippen LogP contribution in [-0.2, 0) is 19.6 Å². The summed E-state index contributed by atoms with van der Waals surface area (Å²) in [5, 5.41) is 12.0. The van der Waals surface area contributed by atoms with Gasteiger partial charge in [-0.1, -0.05) is 31.0 Å². The van der Waals surface area contributed by atoms with Crippen LogP contribution in [0.4, 0.5) is 11.4 Å². The fraction of sp³-hybridized carbons (Fsp3) is 0.300. The van der Waals surface area contributed by atoms with E-state index < -0.39 is 27.8 Å². The zero-order valence-electron chi connectivity index (χ0n) is 15.2. The molecule has 148 valence electrons. The summed E-state index contributed by atoms with van der Waals surface area (Å²) in [6.45, 7) is 0. The lowest BCUT2D eigenvalue weighted by atomic mass is 9.78. The Morgan fingerprint density at radius 3 is 2.07 bits per heavy atom. The first-order chi connectivity index (χ1) is 13.4. The van der Waals surface area contributed by atoms with Crippen molar-refractivity contribution in [1.82, 2.24) is 0 Å². The van der Waals surface area contributed by atoms with E-state index >= 15 is 0 Å². The molecule has 0 aromatic heterocycles. The molecule has 0 saturated heterocycles. The normalized spacial score (nSPS) is 19.6. The van der Waals surface area contributed by atoms with Crippen LogP contribution in [0.15, 0.2) is 59.5 Å². The number of benzene rings is 2. The first kappa shape index (κ1) is 19.9. The molecule has 2 aromatic carbocycles. The quantitative estimate of drug-likeness (QED) is 0.686. The molecule has 0 heterocycles. The Morgan fingerprint density at radius 1 is 0.857 bits per heavy atom. The van der Waals surface area contributed by atoms with Gasteiger partial charge in [0.25, 0.3) is 10.0 Å². The standard InChI is InChI=1S/C20H22N2O5S/c23-19(17-8-4-5-9-18(17)20(24)25)21-14-10-12-16(13-11-14)28(26,27)22-15-6-2-1-3-7-15/h1-3,6-7,10-13,17-18,22H,4-5,8-9H2,(H,21,23)(H,24,25). The lowest BCUT2D eigenvalue weighted by Crippen LogP contribution is -2.36. The first-order valence-corrected chi connectivity index (χ1v) is 10.6. The molecule has 0 spiro atoms. The number of nitrogens with one attached hydrogen (secondary N) is 2. The molecule has 7 nitrogen and oxygen atoms in total. The highest BCUT2D eigenvalue weighted by molar-refractivity contribution is 7.92. The van der Waals surface area contributed by atoms with Gasteiger partial charge < -0.3 is 10.4 Å². The van der Waals surface area contributed by atoms with Crippen LogP contribution in [0.5, 0.6) is 0 Å². The summed E-state index contributed by atoms with van der Waals surface area (Å²) in [5.74, 6) is -2.55. The monoisotopic (exact) mass is 402 g/mol. The van der Waals surface area contributed by atoms with Crippen LogP contribution < -0.4 is 10.0 Å². The second-order valence-electron chi connectivity index (χ2n) is 6.82. The molecule has 1 aliphatic rings. The summed E-state index contributed by atoms with van der Waals surface area (Å²) in [4.78, 5) is 23.9. The van der Waals surface area contributed by atoms with Crippen LogP contribution in [0.2, 0.25) is 0 Å². The Bertz CT molecular complexity index is 942. The smallest absolute Gasteiger partial charge is 0.307 e. The molecule has 0 aliphatic heterocycles. The van der Waals surface area contributed by atoms with E-state index in [0.717, 1.165) is 12.8 Å². The SMILES string of the molecule is O=C(O)C1CCCCC1C(=O)Nc1ccc(S(=O)(=O)Nc2ccccc2)cc1. The molecule has 1 fully saturated rings. The molecular formula is C20H22N2O5S. The van der Waals surface area contributed by atoms with Gasteiger partial charge >= 0.3 is 5.97 Å². The van der Waals surface area contributed by atoms with E-state index in [9.17, 15) is 23.1 Å². The number of carbonyl (C=O) groups excluding carboxylic acids is 1. The summed E-state index contributed by atoms with van der Waals surface area (Å²) < 4.78 is 27.4. The molecule has 2 unspecified atom stereocenters. The molecule has 0 bridgehead atoms. The van der Waals surface area contributed by atoms with Crippen molar-refractivity contribution in [2.75, 3.05) is 10.0 Å². The van der Waals surface area contributed by atoms with E-state index in [-0.39, 0.29) is 10.8 Å². The zero-order valence-corrected chi connectivity index (χ0v) is 16.0. The van der Waals surface area contributed by atoms with Gasteiger partial charge in [-0.2, -0.15) is 0 Å². The molecule has 28 heavy (non-hydrogen) atoms. The number of amides is 1. The first-order valence-electron chi connectivity index (χ1n) is 9.08. The highest BCUT2D eigenvalue weighted by Crippen LogP contribution is 2.31. The lowest BCUT2D eigenvalue weighted by Gasteiger charge is -2.27. The minimum Gasteiger partial charge on any atom is -0.481 e. The highest BCUT2D eigenvalue weighted by Gasteiger charge is 2.35. The molecule has 0 radical (unpaired) electrons. The molecular weight excluding hydrogens is 380 g/mol. The predicted octanol–water partition coefficient (Wildman–Crippen LogP) is 3.32. The van der Waals surface area contributed by atoms with Gasteiger partial charge in [-0.3, -0.25) is 14.3 Å². The molecule has 2 atom stereocenters. The fourth-order valence-electron chi connectivity index (χ4n) is 3.41. The number of carbonyl (C=O) groups is 2. The number of anilines is 2. The van der Waals surface area contributed by atoms with Crippen LogP contribution in [0.3, 0.4) is 0 Å². The van der Waals surface area contributed by atoms with Crippen molar-refractivity contribution in [2.45, 2.75) is 30.6 Å².